The van der Waals surface area contributed by atoms with Gasteiger partial charge in [0, 0.05) is 28.9 Å². The largest absolute Gasteiger partial charge is 0.381 e. The number of hydrogen-bond donors (Lipinski definition) is 1. The Morgan fingerprint density at radius 2 is 2.07 bits per heavy atom. The molecule has 0 bridgehead atoms. The van der Waals surface area contributed by atoms with Gasteiger partial charge in [0.2, 0.25) is 0 Å². The Kier molecular flexibility index (Phi) is 7.56. The highest BCUT2D eigenvalue weighted by atomic mass is 79.9. The number of nitrogens with zero attached hydrogens (tertiary/aromatic N) is 4. The second-order valence-electron chi connectivity index (χ2n) is 6.75. The molecule has 0 aliphatic heterocycles. The average Bonchev–Trinajstić information content (AvgIpc) is 3.19. The van der Waals surface area contributed by atoms with Gasteiger partial charge in [-0.25, -0.2) is 18.4 Å². The number of halogens is 3. The lowest BCUT2D eigenvalue weighted by molar-refractivity contribution is -0.00240. The fourth-order valence-electron chi connectivity index (χ4n) is 2.99. The van der Waals surface area contributed by atoms with Gasteiger partial charge in [0.15, 0.2) is 0 Å². The van der Waals surface area contributed by atoms with Crippen molar-refractivity contribution in [3.63, 3.8) is 0 Å². The molecule has 10 heteroatoms. The Labute approximate surface area is 191 Å². The number of hydrogen-bond acceptors (Lipinski definition) is 5. The standard InChI is InChI=1S/C20H19BrF2N4OS2/c1-26(19(29)30-9-14-4-2-3-5-17(14)21)10-20(28,11-27-13-24-12-25-27)16-7-6-15(22)8-18(16)23/h2-8,12-13,28H,9-11H2,1H3. The number of rotatable bonds is 7. The smallest absolute Gasteiger partial charge is 0.137 e. The molecule has 3 aromatic rings. The van der Waals surface area contributed by atoms with Gasteiger partial charge >= 0.3 is 0 Å². The molecule has 1 heterocycles. The van der Waals surface area contributed by atoms with E-state index in [4.69, 9.17) is 12.2 Å². The van der Waals surface area contributed by atoms with Gasteiger partial charge in [0.05, 0.1) is 13.1 Å². The van der Waals surface area contributed by atoms with Gasteiger partial charge in [-0.15, -0.1) is 0 Å². The summed E-state index contributed by atoms with van der Waals surface area (Å²) in [4.78, 5) is 5.54. The average molecular weight is 513 g/mol. The summed E-state index contributed by atoms with van der Waals surface area (Å²) in [5.41, 5.74) is -0.663. The highest BCUT2D eigenvalue weighted by molar-refractivity contribution is 9.10. The van der Waals surface area contributed by atoms with Crippen molar-refractivity contribution in [3.8, 4) is 0 Å². The molecule has 1 unspecified atom stereocenters. The van der Waals surface area contributed by atoms with E-state index >= 15 is 0 Å². The maximum Gasteiger partial charge on any atom is 0.137 e. The number of aromatic nitrogens is 3. The summed E-state index contributed by atoms with van der Waals surface area (Å²) in [7, 11) is 1.73. The predicted octanol–water partition coefficient (Wildman–Crippen LogP) is 4.36. The van der Waals surface area contributed by atoms with E-state index in [1.165, 1.54) is 35.2 Å². The third kappa shape index (κ3) is 5.63. The number of thioether (sulfide) groups is 1. The normalized spacial score (nSPS) is 13.1. The van der Waals surface area contributed by atoms with Gasteiger partial charge in [-0.1, -0.05) is 64.2 Å². The first-order valence-electron chi connectivity index (χ1n) is 8.90. The minimum Gasteiger partial charge on any atom is -0.381 e. The quantitative estimate of drug-likeness (QED) is 0.474. The summed E-state index contributed by atoms with van der Waals surface area (Å²) in [6, 6.07) is 10.9. The monoisotopic (exact) mass is 512 g/mol. The van der Waals surface area contributed by atoms with Gasteiger partial charge in [0.25, 0.3) is 0 Å². The highest BCUT2D eigenvalue weighted by Gasteiger charge is 2.35. The lowest BCUT2D eigenvalue weighted by Crippen LogP contribution is -2.44. The van der Waals surface area contributed by atoms with Crippen LogP contribution in [0, 0.1) is 11.6 Å². The summed E-state index contributed by atoms with van der Waals surface area (Å²) in [6.45, 7) is -0.0887. The van der Waals surface area contributed by atoms with Crippen LogP contribution < -0.4 is 0 Å². The first-order valence-corrected chi connectivity index (χ1v) is 11.1. The molecule has 1 atom stereocenters. The minimum atomic E-state index is -1.71. The Balaban J connectivity index is 1.78. The molecule has 5 nitrogen and oxygen atoms in total. The molecule has 0 saturated carbocycles. The topological polar surface area (TPSA) is 54.2 Å². The Morgan fingerprint density at radius 3 is 2.73 bits per heavy atom. The van der Waals surface area contributed by atoms with Gasteiger partial charge in [-0.3, -0.25) is 0 Å². The molecule has 0 saturated heterocycles. The molecule has 0 aliphatic carbocycles. The van der Waals surface area contributed by atoms with Crippen LogP contribution in [-0.4, -0.2) is 42.7 Å². The van der Waals surface area contributed by atoms with Crippen LogP contribution in [0.1, 0.15) is 11.1 Å². The first kappa shape index (κ1) is 22.8. The van der Waals surface area contributed by atoms with E-state index in [1.807, 2.05) is 24.3 Å². The fourth-order valence-corrected chi connectivity index (χ4v) is 4.66. The molecule has 1 N–H and O–H groups in total. The Morgan fingerprint density at radius 1 is 1.30 bits per heavy atom. The molecule has 2 aromatic carbocycles. The van der Waals surface area contributed by atoms with Crippen molar-refractivity contribution in [2.75, 3.05) is 13.6 Å². The Bertz CT molecular complexity index is 1020. The van der Waals surface area contributed by atoms with E-state index in [0.717, 1.165) is 22.2 Å². The number of thiocarbonyl (C=S) groups is 1. The lowest BCUT2D eigenvalue weighted by Gasteiger charge is -2.34. The highest BCUT2D eigenvalue weighted by Crippen LogP contribution is 2.29. The molecule has 0 spiro atoms. The summed E-state index contributed by atoms with van der Waals surface area (Å²) >= 11 is 10.5. The number of aliphatic hydroxyl groups is 1. The van der Waals surface area contributed by atoms with E-state index in [9.17, 15) is 13.9 Å². The SMILES string of the molecule is CN(CC(O)(Cn1cncn1)c1ccc(F)cc1F)C(=S)SCc1ccccc1Br. The Hall–Kier alpha value is -1.88. The first-order chi connectivity index (χ1) is 14.3. The zero-order valence-electron chi connectivity index (χ0n) is 16.0. The van der Waals surface area contributed by atoms with Gasteiger partial charge in [0.1, 0.15) is 34.2 Å². The summed E-state index contributed by atoms with van der Waals surface area (Å²) in [5, 5.41) is 15.4. The maximum absolute atomic E-state index is 14.5. The van der Waals surface area contributed by atoms with Crippen LogP contribution in [0.25, 0.3) is 0 Å². The van der Waals surface area contributed by atoms with Crippen LogP contribution in [-0.2, 0) is 17.9 Å². The van der Waals surface area contributed by atoms with Crippen molar-refractivity contribution >= 4 is 44.2 Å². The summed E-state index contributed by atoms with van der Waals surface area (Å²) < 4.78 is 30.9. The third-order valence-electron chi connectivity index (χ3n) is 4.44. The molecule has 0 fully saturated rings. The summed E-state index contributed by atoms with van der Waals surface area (Å²) in [5.74, 6) is -0.915. The summed E-state index contributed by atoms with van der Waals surface area (Å²) in [6.07, 6.45) is 2.75. The van der Waals surface area contributed by atoms with Gasteiger partial charge in [-0.05, 0) is 17.7 Å². The molecule has 0 amide bonds. The minimum absolute atomic E-state index is 0.0167. The molecule has 158 valence electrons. The van der Waals surface area contributed by atoms with Crippen LogP contribution in [0.2, 0.25) is 0 Å². The van der Waals surface area contributed by atoms with E-state index in [-0.39, 0.29) is 18.7 Å². The zero-order chi connectivity index (χ0) is 21.7. The second kappa shape index (κ2) is 9.95. The van der Waals surface area contributed by atoms with E-state index < -0.39 is 17.2 Å². The van der Waals surface area contributed by atoms with Crippen molar-refractivity contribution in [3.05, 3.63) is 82.4 Å². The van der Waals surface area contributed by atoms with Crippen LogP contribution in [0.3, 0.4) is 0 Å². The predicted molar refractivity (Wildman–Crippen MR) is 121 cm³/mol. The molecule has 30 heavy (non-hydrogen) atoms. The molecule has 1 aromatic heterocycles. The second-order valence-corrected chi connectivity index (χ2v) is 9.21. The van der Waals surface area contributed by atoms with Gasteiger partial charge < -0.3 is 10.0 Å². The molecule has 3 rings (SSSR count). The fraction of sp³-hybridized carbons (Fsp3) is 0.250. The molecule has 0 radical (unpaired) electrons. The van der Waals surface area contributed by atoms with E-state index in [1.54, 1.807) is 11.9 Å². The zero-order valence-corrected chi connectivity index (χ0v) is 19.2. The molecule has 0 aliphatic rings. The van der Waals surface area contributed by atoms with Crippen molar-refractivity contribution in [2.24, 2.45) is 0 Å². The maximum atomic E-state index is 14.5. The van der Waals surface area contributed by atoms with E-state index in [2.05, 4.69) is 26.0 Å². The van der Waals surface area contributed by atoms with Crippen LogP contribution >= 0.6 is 39.9 Å². The van der Waals surface area contributed by atoms with Crippen LogP contribution in [0.5, 0.6) is 0 Å². The van der Waals surface area contributed by atoms with Crippen molar-refractivity contribution in [1.82, 2.24) is 19.7 Å². The van der Waals surface area contributed by atoms with Gasteiger partial charge in [-0.2, -0.15) is 5.10 Å². The van der Waals surface area contributed by atoms with E-state index in [0.29, 0.717) is 10.1 Å². The lowest BCUT2D eigenvalue weighted by atomic mass is 9.92. The molecular formula is C20H19BrF2N4OS2. The third-order valence-corrected chi connectivity index (χ3v) is 6.89. The number of benzene rings is 2. The van der Waals surface area contributed by atoms with Crippen molar-refractivity contribution in [1.29, 1.82) is 0 Å². The van der Waals surface area contributed by atoms with Crippen molar-refractivity contribution in [2.45, 2.75) is 17.9 Å². The van der Waals surface area contributed by atoms with Crippen LogP contribution in [0.15, 0.2) is 59.6 Å². The van der Waals surface area contributed by atoms with Crippen molar-refractivity contribution < 1.29 is 13.9 Å². The molecular weight excluding hydrogens is 494 g/mol. The van der Waals surface area contributed by atoms with Crippen LogP contribution in [0.4, 0.5) is 8.78 Å². The number of likely N-dealkylation sites (N-methyl/N-ethyl adjacent to an activating group) is 1.